The molecule has 1 aliphatic rings. The molecule has 2 atom stereocenters. The number of amides is 2. The van der Waals surface area contributed by atoms with Crippen LogP contribution < -0.4 is 10.6 Å². The summed E-state index contributed by atoms with van der Waals surface area (Å²) in [6, 6.07) is 0. The summed E-state index contributed by atoms with van der Waals surface area (Å²) >= 11 is 0. The van der Waals surface area contributed by atoms with Crippen molar-refractivity contribution in [2.24, 2.45) is 0 Å². The van der Waals surface area contributed by atoms with Gasteiger partial charge in [-0.2, -0.15) is 0 Å². The molecule has 0 aliphatic carbocycles. The minimum Gasteiger partial charge on any atom is -0.441 e. The number of hydrogen-bond donors (Lipinski definition) is 2. The van der Waals surface area contributed by atoms with Crippen molar-refractivity contribution in [1.29, 1.82) is 0 Å². The van der Waals surface area contributed by atoms with Gasteiger partial charge in [0.2, 0.25) is 0 Å². The van der Waals surface area contributed by atoms with E-state index in [0.29, 0.717) is 0 Å². The van der Waals surface area contributed by atoms with Crippen molar-refractivity contribution in [2.75, 3.05) is 24.6 Å². The van der Waals surface area contributed by atoms with Crippen molar-refractivity contribution in [1.82, 2.24) is 10.6 Å². The molecule has 0 unspecified atom stereocenters. The number of carbonyl (C=O) groups is 2. The third-order valence-electron chi connectivity index (χ3n) is 2.55. The van der Waals surface area contributed by atoms with Crippen molar-refractivity contribution in [2.45, 2.75) is 12.2 Å². The molecular weight excluding hydrogens is 300 g/mol. The minimum absolute atomic E-state index is 0.184. The van der Waals surface area contributed by atoms with Crippen molar-refractivity contribution < 1.29 is 27.5 Å². The van der Waals surface area contributed by atoms with E-state index in [1.807, 2.05) is 0 Å². The SMILES string of the molecule is C=CCNC(=O)O[C@H]1CS(=O)(=O)C[C@H]1OC(=O)NCC=C. The maximum Gasteiger partial charge on any atom is 0.407 e. The first-order valence-corrected chi connectivity index (χ1v) is 8.01. The Balaban J connectivity index is 2.61. The Kier molecular flexibility index (Phi) is 6.22. The summed E-state index contributed by atoms with van der Waals surface area (Å²) in [4.78, 5) is 22.9. The summed E-state index contributed by atoms with van der Waals surface area (Å²) in [6.07, 6.45) is -0.759. The number of sulfone groups is 1. The molecule has 0 aromatic rings. The second-order valence-electron chi connectivity index (χ2n) is 4.30. The molecule has 0 aromatic heterocycles. The fraction of sp³-hybridized carbons (Fsp3) is 0.500. The Labute approximate surface area is 123 Å². The van der Waals surface area contributed by atoms with Gasteiger partial charge >= 0.3 is 12.2 Å². The van der Waals surface area contributed by atoms with Crippen LogP contribution in [0.2, 0.25) is 0 Å². The highest BCUT2D eigenvalue weighted by Gasteiger charge is 2.42. The molecule has 0 aromatic carbocycles. The first-order valence-electron chi connectivity index (χ1n) is 6.19. The zero-order valence-corrected chi connectivity index (χ0v) is 12.2. The first kappa shape index (κ1) is 17.0. The van der Waals surface area contributed by atoms with Gasteiger partial charge in [-0.15, -0.1) is 13.2 Å². The summed E-state index contributed by atoms with van der Waals surface area (Å²) in [5.41, 5.74) is 0. The Morgan fingerprint density at radius 1 is 1.00 bits per heavy atom. The van der Waals surface area contributed by atoms with Gasteiger partial charge in [-0.05, 0) is 0 Å². The molecule has 8 nitrogen and oxygen atoms in total. The van der Waals surface area contributed by atoms with Gasteiger partial charge < -0.3 is 20.1 Å². The molecular formula is C12H18N2O6S. The lowest BCUT2D eigenvalue weighted by Crippen LogP contribution is -2.39. The van der Waals surface area contributed by atoms with Gasteiger partial charge in [0.15, 0.2) is 22.0 Å². The lowest BCUT2D eigenvalue weighted by Gasteiger charge is -2.19. The fourth-order valence-corrected chi connectivity index (χ4v) is 3.37. The number of hydrogen-bond acceptors (Lipinski definition) is 6. The van der Waals surface area contributed by atoms with Crippen molar-refractivity contribution in [3.8, 4) is 0 Å². The molecule has 0 spiro atoms. The summed E-state index contributed by atoms with van der Waals surface area (Å²) in [5, 5.41) is 4.70. The first-order chi connectivity index (χ1) is 9.88. The van der Waals surface area contributed by atoms with Crippen LogP contribution >= 0.6 is 0 Å². The number of rotatable bonds is 6. The molecule has 21 heavy (non-hydrogen) atoms. The van der Waals surface area contributed by atoms with E-state index in [2.05, 4.69) is 23.8 Å². The van der Waals surface area contributed by atoms with Gasteiger partial charge in [0.1, 0.15) is 0 Å². The average molecular weight is 318 g/mol. The maximum absolute atomic E-state index is 11.6. The van der Waals surface area contributed by atoms with Crippen LogP contribution in [0.15, 0.2) is 25.3 Å². The largest absolute Gasteiger partial charge is 0.441 e. The topological polar surface area (TPSA) is 111 Å². The highest BCUT2D eigenvalue weighted by Crippen LogP contribution is 2.19. The molecule has 1 aliphatic heterocycles. The predicted octanol–water partition coefficient (Wildman–Crippen LogP) is -0.0236. The smallest absolute Gasteiger partial charge is 0.407 e. The van der Waals surface area contributed by atoms with E-state index in [-0.39, 0.29) is 24.6 Å². The van der Waals surface area contributed by atoms with E-state index in [4.69, 9.17) is 9.47 Å². The van der Waals surface area contributed by atoms with E-state index in [9.17, 15) is 18.0 Å². The molecule has 1 heterocycles. The Morgan fingerprint density at radius 2 is 1.38 bits per heavy atom. The number of carbonyl (C=O) groups excluding carboxylic acids is 2. The standard InChI is InChI=1S/C12H18N2O6S/c1-3-5-13-11(15)19-9-7-21(17,18)8-10(9)20-12(16)14-6-4-2/h3-4,9-10H,1-2,5-8H2,(H,13,15)(H,14,16)/t9-,10+. The highest BCUT2D eigenvalue weighted by molar-refractivity contribution is 7.91. The van der Waals surface area contributed by atoms with E-state index >= 15 is 0 Å². The van der Waals surface area contributed by atoms with Crippen molar-refractivity contribution in [3.63, 3.8) is 0 Å². The lowest BCUT2D eigenvalue weighted by atomic mass is 10.2. The molecule has 0 saturated carbocycles. The van der Waals surface area contributed by atoms with Gasteiger partial charge in [0, 0.05) is 13.1 Å². The fourth-order valence-electron chi connectivity index (χ4n) is 1.67. The normalized spacial score (nSPS) is 22.9. The molecule has 1 fully saturated rings. The van der Waals surface area contributed by atoms with Crippen LogP contribution in [0.25, 0.3) is 0 Å². The second kappa shape index (κ2) is 7.67. The van der Waals surface area contributed by atoms with Crippen LogP contribution in [-0.2, 0) is 19.3 Å². The molecule has 1 saturated heterocycles. The molecule has 9 heteroatoms. The number of ether oxygens (including phenoxy) is 2. The Hall–Kier alpha value is -2.03. The summed E-state index contributed by atoms with van der Waals surface area (Å²) in [6.45, 7) is 7.21. The third-order valence-corrected chi connectivity index (χ3v) is 4.22. The van der Waals surface area contributed by atoms with E-state index < -0.39 is 34.2 Å². The number of alkyl carbamates (subject to hydrolysis) is 2. The lowest BCUT2D eigenvalue weighted by molar-refractivity contribution is 0.0182. The quantitative estimate of drug-likeness (QED) is 0.666. The maximum atomic E-state index is 11.6. The van der Waals surface area contributed by atoms with Crippen LogP contribution in [0.4, 0.5) is 9.59 Å². The molecule has 0 radical (unpaired) electrons. The van der Waals surface area contributed by atoms with E-state index in [1.165, 1.54) is 12.2 Å². The van der Waals surface area contributed by atoms with E-state index in [0.717, 1.165) is 0 Å². The van der Waals surface area contributed by atoms with Crippen molar-refractivity contribution in [3.05, 3.63) is 25.3 Å². The van der Waals surface area contributed by atoms with Crippen molar-refractivity contribution >= 4 is 22.0 Å². The van der Waals surface area contributed by atoms with Crippen LogP contribution in [0.5, 0.6) is 0 Å². The Bertz CT molecular complexity index is 476. The summed E-state index contributed by atoms with van der Waals surface area (Å²) < 4.78 is 33.1. The molecule has 1 rings (SSSR count). The zero-order chi connectivity index (χ0) is 15.9. The zero-order valence-electron chi connectivity index (χ0n) is 11.4. The number of nitrogens with one attached hydrogen (secondary N) is 2. The molecule has 118 valence electrons. The summed E-state index contributed by atoms with van der Waals surface area (Å²) in [5.74, 6) is -0.762. The van der Waals surface area contributed by atoms with Gasteiger partial charge in [-0.25, -0.2) is 18.0 Å². The predicted molar refractivity (Wildman–Crippen MR) is 75.6 cm³/mol. The van der Waals surface area contributed by atoms with Crippen LogP contribution in [-0.4, -0.2) is 57.4 Å². The second-order valence-corrected chi connectivity index (χ2v) is 6.46. The van der Waals surface area contributed by atoms with Gasteiger partial charge in [0.05, 0.1) is 11.5 Å². The highest BCUT2D eigenvalue weighted by atomic mass is 32.2. The molecule has 2 N–H and O–H groups in total. The molecule has 0 bridgehead atoms. The molecule has 2 amide bonds. The van der Waals surface area contributed by atoms with Gasteiger partial charge in [-0.1, -0.05) is 12.2 Å². The average Bonchev–Trinajstić information content (AvgIpc) is 2.68. The minimum atomic E-state index is -3.43. The Morgan fingerprint density at radius 3 is 1.71 bits per heavy atom. The monoisotopic (exact) mass is 318 g/mol. The van der Waals surface area contributed by atoms with Gasteiger partial charge in [-0.3, -0.25) is 0 Å². The van der Waals surface area contributed by atoms with E-state index in [1.54, 1.807) is 0 Å². The van der Waals surface area contributed by atoms with Crippen LogP contribution in [0.3, 0.4) is 0 Å². The van der Waals surface area contributed by atoms with Crippen LogP contribution in [0.1, 0.15) is 0 Å². The van der Waals surface area contributed by atoms with Crippen LogP contribution in [0, 0.1) is 0 Å². The summed E-state index contributed by atoms with van der Waals surface area (Å²) in [7, 11) is -3.43. The van der Waals surface area contributed by atoms with Gasteiger partial charge in [0.25, 0.3) is 0 Å². The third kappa shape index (κ3) is 5.86.